The molecule has 1 saturated carbocycles. The van der Waals surface area contributed by atoms with Gasteiger partial charge < -0.3 is 5.73 Å². The summed E-state index contributed by atoms with van der Waals surface area (Å²) in [5, 5.41) is 0.504. The van der Waals surface area contributed by atoms with Gasteiger partial charge in [0.15, 0.2) is 0 Å². The molecule has 2 rings (SSSR count). The van der Waals surface area contributed by atoms with Gasteiger partial charge in [0.05, 0.1) is 5.02 Å². The molecule has 112 valence electrons. The van der Waals surface area contributed by atoms with E-state index in [-0.39, 0.29) is 5.02 Å². The molecule has 3 unspecified atom stereocenters. The van der Waals surface area contributed by atoms with E-state index < -0.39 is 11.4 Å². The lowest BCUT2D eigenvalue weighted by atomic mass is 9.69. The minimum absolute atomic E-state index is 0.0460. The van der Waals surface area contributed by atoms with Gasteiger partial charge in [-0.1, -0.05) is 49.4 Å². The zero-order valence-corrected chi connectivity index (χ0v) is 13.6. The van der Waals surface area contributed by atoms with Gasteiger partial charge in [0.1, 0.15) is 5.82 Å². The number of nitrogens with two attached hydrogens (primary N) is 1. The topological polar surface area (TPSA) is 26.0 Å². The van der Waals surface area contributed by atoms with Gasteiger partial charge in [0, 0.05) is 10.6 Å². The zero-order valence-electron chi connectivity index (χ0n) is 12.1. The van der Waals surface area contributed by atoms with Crippen molar-refractivity contribution in [2.45, 2.75) is 51.5 Å². The third-order valence-electron chi connectivity index (χ3n) is 4.80. The highest BCUT2D eigenvalue weighted by Crippen LogP contribution is 2.43. The Kier molecular flexibility index (Phi) is 4.99. The van der Waals surface area contributed by atoms with E-state index in [9.17, 15) is 4.39 Å². The molecule has 0 saturated heterocycles. The van der Waals surface area contributed by atoms with Crippen LogP contribution in [0, 0.1) is 17.7 Å². The molecule has 0 bridgehead atoms. The fourth-order valence-electron chi connectivity index (χ4n) is 3.36. The highest BCUT2D eigenvalue weighted by Gasteiger charge is 2.37. The minimum atomic E-state index is -0.615. The van der Waals surface area contributed by atoms with Crippen molar-refractivity contribution in [3.63, 3.8) is 0 Å². The summed E-state index contributed by atoms with van der Waals surface area (Å²) >= 11 is 12.0. The first-order chi connectivity index (χ1) is 9.36. The van der Waals surface area contributed by atoms with Gasteiger partial charge in [-0.05, 0) is 49.3 Å². The van der Waals surface area contributed by atoms with E-state index in [1.807, 2.05) is 6.92 Å². The Morgan fingerprint density at radius 3 is 2.65 bits per heavy atom. The lowest BCUT2D eigenvalue weighted by Gasteiger charge is -2.40. The fourth-order valence-corrected chi connectivity index (χ4v) is 3.95. The predicted octanol–water partition coefficient (Wildman–Crippen LogP) is 5.52. The lowest BCUT2D eigenvalue weighted by molar-refractivity contribution is 0.173. The van der Waals surface area contributed by atoms with Crippen LogP contribution in [-0.2, 0) is 5.54 Å². The summed E-state index contributed by atoms with van der Waals surface area (Å²) in [5.74, 6) is 0.595. The second-order valence-electron chi connectivity index (χ2n) is 6.17. The first kappa shape index (κ1) is 16.1. The van der Waals surface area contributed by atoms with Crippen LogP contribution in [0.1, 0.15) is 51.5 Å². The number of rotatable bonds is 3. The van der Waals surface area contributed by atoms with E-state index in [1.165, 1.54) is 31.4 Å². The van der Waals surface area contributed by atoms with Crippen LogP contribution in [0.2, 0.25) is 10.0 Å². The van der Waals surface area contributed by atoms with Crippen LogP contribution >= 0.6 is 23.2 Å². The summed E-state index contributed by atoms with van der Waals surface area (Å²) in [7, 11) is 0. The normalized spacial score (nSPS) is 26.3. The quantitative estimate of drug-likeness (QED) is 0.729. The molecule has 0 radical (unpaired) electrons. The molecule has 1 aliphatic carbocycles. The molecule has 1 aliphatic rings. The lowest BCUT2D eigenvalue weighted by Crippen LogP contribution is -2.43. The number of benzene rings is 1. The Labute approximate surface area is 130 Å². The predicted molar refractivity (Wildman–Crippen MR) is 83.7 cm³/mol. The van der Waals surface area contributed by atoms with Crippen molar-refractivity contribution in [2.24, 2.45) is 17.6 Å². The number of hydrogen-bond acceptors (Lipinski definition) is 1. The van der Waals surface area contributed by atoms with Gasteiger partial charge in [-0.15, -0.1) is 0 Å². The van der Waals surface area contributed by atoms with Gasteiger partial charge in [0.2, 0.25) is 0 Å². The van der Waals surface area contributed by atoms with Crippen molar-refractivity contribution < 1.29 is 4.39 Å². The first-order valence-corrected chi connectivity index (χ1v) is 8.05. The van der Waals surface area contributed by atoms with Crippen molar-refractivity contribution in [2.75, 3.05) is 0 Å². The first-order valence-electron chi connectivity index (χ1n) is 7.30. The molecule has 3 atom stereocenters. The van der Waals surface area contributed by atoms with Crippen LogP contribution < -0.4 is 5.73 Å². The average molecular weight is 318 g/mol. The van der Waals surface area contributed by atoms with E-state index in [0.29, 0.717) is 22.4 Å². The van der Waals surface area contributed by atoms with Crippen LogP contribution in [0.5, 0.6) is 0 Å². The highest BCUT2D eigenvalue weighted by atomic mass is 35.5. The third-order valence-corrected chi connectivity index (χ3v) is 5.40. The summed E-state index contributed by atoms with van der Waals surface area (Å²) in [5.41, 5.74) is 6.61. The van der Waals surface area contributed by atoms with Crippen LogP contribution in [0.15, 0.2) is 12.1 Å². The van der Waals surface area contributed by atoms with Gasteiger partial charge in [-0.2, -0.15) is 0 Å². The number of halogens is 3. The number of hydrogen-bond donors (Lipinski definition) is 1. The average Bonchev–Trinajstić information content (AvgIpc) is 2.42. The van der Waals surface area contributed by atoms with Crippen molar-refractivity contribution in [3.05, 3.63) is 33.6 Å². The van der Waals surface area contributed by atoms with Crippen LogP contribution in [0.4, 0.5) is 4.39 Å². The summed E-state index contributed by atoms with van der Waals surface area (Å²) in [6.07, 6.45) is 5.79. The monoisotopic (exact) mass is 317 g/mol. The summed E-state index contributed by atoms with van der Waals surface area (Å²) in [6.45, 7) is 4.18. The van der Waals surface area contributed by atoms with Gasteiger partial charge >= 0.3 is 0 Å². The SMILES string of the molecule is CCC1CCCC(C(C)(N)c2cc(F)c(Cl)cc2Cl)C1. The van der Waals surface area contributed by atoms with E-state index in [2.05, 4.69) is 6.92 Å². The van der Waals surface area contributed by atoms with Gasteiger partial charge in [-0.25, -0.2) is 4.39 Å². The highest BCUT2D eigenvalue weighted by molar-refractivity contribution is 6.35. The summed E-state index contributed by atoms with van der Waals surface area (Å²) in [4.78, 5) is 0. The molecule has 0 spiro atoms. The molecule has 1 fully saturated rings. The molecule has 0 aliphatic heterocycles. The maximum atomic E-state index is 13.8. The van der Waals surface area contributed by atoms with Crippen molar-refractivity contribution >= 4 is 23.2 Å². The maximum absolute atomic E-state index is 13.8. The smallest absolute Gasteiger partial charge is 0.142 e. The molecule has 1 nitrogen and oxygen atoms in total. The molecular formula is C16H22Cl2FN. The molecule has 1 aromatic carbocycles. The summed E-state index contributed by atoms with van der Waals surface area (Å²) in [6, 6.07) is 2.86. The molecule has 0 aromatic heterocycles. The Morgan fingerprint density at radius 2 is 2.00 bits per heavy atom. The van der Waals surface area contributed by atoms with Crippen LogP contribution in [-0.4, -0.2) is 0 Å². The van der Waals surface area contributed by atoms with Crippen molar-refractivity contribution in [3.8, 4) is 0 Å². The summed E-state index contributed by atoms with van der Waals surface area (Å²) < 4.78 is 13.8. The standard InChI is InChI=1S/C16H22Cl2FN/c1-3-10-5-4-6-11(7-10)16(2,20)12-8-15(19)14(18)9-13(12)17/h8-11H,3-7,20H2,1-2H3. The minimum Gasteiger partial charge on any atom is -0.321 e. The van der Waals surface area contributed by atoms with Gasteiger partial charge in [-0.3, -0.25) is 0 Å². The van der Waals surface area contributed by atoms with Crippen LogP contribution in [0.25, 0.3) is 0 Å². The maximum Gasteiger partial charge on any atom is 0.142 e. The largest absolute Gasteiger partial charge is 0.321 e. The molecular weight excluding hydrogens is 296 g/mol. The van der Waals surface area contributed by atoms with Gasteiger partial charge in [0.25, 0.3) is 0 Å². The molecule has 20 heavy (non-hydrogen) atoms. The molecule has 0 heterocycles. The van der Waals surface area contributed by atoms with E-state index >= 15 is 0 Å². The fraction of sp³-hybridized carbons (Fsp3) is 0.625. The van der Waals surface area contributed by atoms with Crippen molar-refractivity contribution in [1.82, 2.24) is 0 Å². The molecule has 0 amide bonds. The van der Waals surface area contributed by atoms with Crippen LogP contribution in [0.3, 0.4) is 0 Å². The second-order valence-corrected chi connectivity index (χ2v) is 6.98. The van der Waals surface area contributed by atoms with E-state index in [0.717, 1.165) is 12.8 Å². The Hall–Kier alpha value is -0.310. The molecule has 2 N–H and O–H groups in total. The van der Waals surface area contributed by atoms with E-state index in [4.69, 9.17) is 28.9 Å². The Morgan fingerprint density at radius 1 is 1.30 bits per heavy atom. The molecule has 1 aromatic rings. The van der Waals surface area contributed by atoms with E-state index in [1.54, 1.807) is 0 Å². The Balaban J connectivity index is 2.32. The van der Waals surface area contributed by atoms with Crippen molar-refractivity contribution in [1.29, 1.82) is 0 Å². The second kappa shape index (κ2) is 6.21. The Bertz CT molecular complexity index is 488. The third kappa shape index (κ3) is 3.13. The molecule has 4 heteroatoms. The zero-order chi connectivity index (χ0) is 14.9.